The van der Waals surface area contributed by atoms with Crippen LogP contribution >= 0.6 is 0 Å². The predicted octanol–water partition coefficient (Wildman–Crippen LogP) is 1.22. The van der Waals surface area contributed by atoms with E-state index in [4.69, 9.17) is 9.47 Å². The summed E-state index contributed by atoms with van der Waals surface area (Å²) in [6, 6.07) is 0. The average Bonchev–Trinajstić information content (AvgIpc) is 2.94. The van der Waals surface area contributed by atoms with E-state index in [9.17, 15) is 21.6 Å². The summed E-state index contributed by atoms with van der Waals surface area (Å²) in [5.41, 5.74) is 0. The molecule has 2 rings (SSSR count). The second-order valence-corrected chi connectivity index (χ2v) is 7.06. The second-order valence-electron chi connectivity index (χ2n) is 4.97. The van der Waals surface area contributed by atoms with Crippen molar-refractivity contribution in [2.75, 3.05) is 26.0 Å². The fourth-order valence-corrected chi connectivity index (χ4v) is 3.60. The average molecular weight is 355 g/mol. The molecule has 1 aromatic heterocycles. The minimum atomic E-state index is -4.50. The van der Waals surface area contributed by atoms with Crippen LogP contribution < -0.4 is 9.47 Å². The number of hydrogen-bond acceptors (Lipinski definition) is 6. The summed E-state index contributed by atoms with van der Waals surface area (Å²) in [4.78, 5) is 7.84. The molecule has 0 amide bonds. The van der Waals surface area contributed by atoms with Crippen LogP contribution in [0.25, 0.3) is 0 Å². The van der Waals surface area contributed by atoms with Crippen LogP contribution in [0.4, 0.5) is 13.2 Å². The Balaban J connectivity index is 1.92. The minimum absolute atomic E-state index is 0.0148. The summed E-state index contributed by atoms with van der Waals surface area (Å²) in [6.07, 6.45) is -3.25. The number of halogens is 3. The monoisotopic (exact) mass is 355 g/mol. The molecule has 1 fully saturated rings. The zero-order chi connectivity index (χ0) is 17.1. The zero-order valence-corrected chi connectivity index (χ0v) is 13.1. The first-order valence-electron chi connectivity index (χ1n) is 6.77. The molecule has 2 heterocycles. The first-order chi connectivity index (χ1) is 10.7. The molecule has 0 aromatic carbocycles. The molecule has 1 unspecified atom stereocenters. The van der Waals surface area contributed by atoms with Crippen molar-refractivity contribution < 1.29 is 31.1 Å². The number of aromatic nitrogens is 2. The van der Waals surface area contributed by atoms with E-state index in [1.54, 1.807) is 0 Å². The van der Waals surface area contributed by atoms with Gasteiger partial charge in [-0.15, -0.1) is 0 Å². The molecule has 0 N–H and O–H groups in total. The molecule has 7 nitrogen and oxygen atoms in total. The maximum absolute atomic E-state index is 12.2. The molecule has 0 spiro atoms. The zero-order valence-electron chi connectivity index (χ0n) is 12.3. The summed E-state index contributed by atoms with van der Waals surface area (Å²) >= 11 is 0. The van der Waals surface area contributed by atoms with Gasteiger partial charge in [-0.1, -0.05) is 0 Å². The predicted molar refractivity (Wildman–Crippen MR) is 73.6 cm³/mol. The van der Waals surface area contributed by atoms with E-state index in [2.05, 4.69) is 9.97 Å². The first kappa shape index (κ1) is 17.7. The largest absolute Gasteiger partial charge is 0.480 e. The van der Waals surface area contributed by atoms with Crippen LogP contribution in [0.1, 0.15) is 12.8 Å². The van der Waals surface area contributed by atoms with Crippen molar-refractivity contribution in [3.05, 3.63) is 12.4 Å². The van der Waals surface area contributed by atoms with Gasteiger partial charge in [0, 0.05) is 6.54 Å². The summed E-state index contributed by atoms with van der Waals surface area (Å²) < 4.78 is 71.7. The Morgan fingerprint density at radius 2 is 2.04 bits per heavy atom. The van der Waals surface area contributed by atoms with E-state index in [1.165, 1.54) is 19.5 Å². The number of sulfonamides is 1. The highest BCUT2D eigenvalue weighted by molar-refractivity contribution is 7.89. The third-order valence-electron chi connectivity index (χ3n) is 3.23. The van der Waals surface area contributed by atoms with Crippen molar-refractivity contribution >= 4 is 10.0 Å². The van der Waals surface area contributed by atoms with Crippen LogP contribution in [0.5, 0.6) is 11.8 Å². The molecule has 0 aliphatic carbocycles. The molecule has 1 saturated heterocycles. The van der Waals surface area contributed by atoms with E-state index in [0.717, 1.165) is 4.31 Å². The van der Waals surface area contributed by atoms with Gasteiger partial charge in [0.1, 0.15) is 6.10 Å². The van der Waals surface area contributed by atoms with Gasteiger partial charge in [0.2, 0.25) is 21.8 Å². The molecule has 130 valence electrons. The van der Waals surface area contributed by atoms with E-state index in [1.807, 2.05) is 0 Å². The van der Waals surface area contributed by atoms with Crippen LogP contribution in [0, 0.1) is 0 Å². The Bertz CT molecular complexity index is 639. The van der Waals surface area contributed by atoms with E-state index < -0.39 is 34.5 Å². The van der Waals surface area contributed by atoms with E-state index >= 15 is 0 Å². The summed E-state index contributed by atoms with van der Waals surface area (Å²) in [5, 5.41) is 0. The summed E-state index contributed by atoms with van der Waals surface area (Å²) in [5.74, 6) is -0.540. The third-order valence-corrected chi connectivity index (χ3v) is 5.07. The number of rotatable bonds is 6. The quantitative estimate of drug-likeness (QED) is 0.763. The highest BCUT2D eigenvalue weighted by Gasteiger charge is 2.36. The van der Waals surface area contributed by atoms with Gasteiger partial charge in [0.25, 0.3) is 0 Å². The van der Waals surface area contributed by atoms with Crippen molar-refractivity contribution in [3.63, 3.8) is 0 Å². The molecule has 0 radical (unpaired) electrons. The Kier molecular flexibility index (Phi) is 5.30. The number of alkyl halides is 3. The van der Waals surface area contributed by atoms with Crippen molar-refractivity contribution in [1.82, 2.24) is 14.3 Å². The molecule has 0 bridgehead atoms. The lowest BCUT2D eigenvalue weighted by atomic mass is 10.3. The van der Waals surface area contributed by atoms with Crippen LogP contribution in [-0.4, -0.2) is 60.9 Å². The van der Waals surface area contributed by atoms with Gasteiger partial charge in [-0.3, -0.25) is 4.98 Å². The molecule has 23 heavy (non-hydrogen) atoms. The lowest BCUT2D eigenvalue weighted by molar-refractivity contribution is -0.130. The second kappa shape index (κ2) is 6.87. The highest BCUT2D eigenvalue weighted by atomic mass is 32.2. The standard InChI is InChI=1S/C12H16F3N3O4S/c1-21-10-6-16-7-11(17-10)22-9-2-4-18(8-9)23(19,20)5-3-12(13,14)15/h6-7,9H,2-5,8H2,1H3. The normalized spacial score (nSPS) is 19.7. The molecular formula is C12H16F3N3O4S. The number of ether oxygens (including phenoxy) is 2. The fraction of sp³-hybridized carbons (Fsp3) is 0.667. The van der Waals surface area contributed by atoms with Gasteiger partial charge in [-0.2, -0.15) is 22.5 Å². The molecular weight excluding hydrogens is 339 g/mol. The number of methoxy groups -OCH3 is 1. The topological polar surface area (TPSA) is 81.6 Å². The fourth-order valence-electron chi connectivity index (χ4n) is 2.08. The molecule has 0 saturated carbocycles. The Morgan fingerprint density at radius 3 is 2.70 bits per heavy atom. The smallest absolute Gasteiger partial charge is 0.390 e. The Hall–Kier alpha value is -1.62. The minimum Gasteiger partial charge on any atom is -0.480 e. The van der Waals surface area contributed by atoms with Gasteiger partial charge in [0.15, 0.2) is 0 Å². The molecule has 11 heteroatoms. The number of hydrogen-bond donors (Lipinski definition) is 0. The van der Waals surface area contributed by atoms with Gasteiger partial charge >= 0.3 is 6.18 Å². The third kappa shape index (κ3) is 5.20. The van der Waals surface area contributed by atoms with Crippen LogP contribution in [0.15, 0.2) is 12.4 Å². The van der Waals surface area contributed by atoms with Gasteiger partial charge < -0.3 is 9.47 Å². The lowest BCUT2D eigenvalue weighted by Crippen LogP contribution is -2.34. The van der Waals surface area contributed by atoms with Crippen LogP contribution in [-0.2, 0) is 10.0 Å². The van der Waals surface area contributed by atoms with Crippen molar-refractivity contribution in [1.29, 1.82) is 0 Å². The lowest BCUT2D eigenvalue weighted by Gasteiger charge is -2.17. The molecule has 1 atom stereocenters. The highest BCUT2D eigenvalue weighted by Crippen LogP contribution is 2.24. The number of nitrogens with zero attached hydrogens (tertiary/aromatic N) is 3. The molecule has 1 aliphatic heterocycles. The van der Waals surface area contributed by atoms with Crippen molar-refractivity contribution in [2.45, 2.75) is 25.1 Å². The summed E-state index contributed by atoms with van der Waals surface area (Å²) in [6.45, 7) is 0.0985. The van der Waals surface area contributed by atoms with Crippen LogP contribution in [0.3, 0.4) is 0 Å². The van der Waals surface area contributed by atoms with E-state index in [0.29, 0.717) is 6.42 Å². The SMILES string of the molecule is COc1cncc(OC2CCN(S(=O)(=O)CCC(F)(F)F)C2)n1. The Morgan fingerprint density at radius 1 is 1.35 bits per heavy atom. The van der Waals surface area contributed by atoms with Gasteiger partial charge in [-0.25, -0.2) is 8.42 Å². The van der Waals surface area contributed by atoms with Crippen molar-refractivity contribution in [2.24, 2.45) is 0 Å². The molecule has 1 aliphatic rings. The summed E-state index contributed by atoms with van der Waals surface area (Å²) in [7, 11) is -2.54. The van der Waals surface area contributed by atoms with Gasteiger partial charge in [0.05, 0.1) is 38.2 Å². The maximum atomic E-state index is 12.2. The maximum Gasteiger partial charge on any atom is 0.390 e. The Labute approximate surface area is 131 Å². The van der Waals surface area contributed by atoms with Crippen LogP contribution in [0.2, 0.25) is 0 Å². The van der Waals surface area contributed by atoms with E-state index in [-0.39, 0.29) is 24.8 Å². The van der Waals surface area contributed by atoms with Gasteiger partial charge in [-0.05, 0) is 6.42 Å². The molecule has 1 aromatic rings. The first-order valence-corrected chi connectivity index (χ1v) is 8.38. The van der Waals surface area contributed by atoms with Crippen molar-refractivity contribution in [3.8, 4) is 11.8 Å².